The van der Waals surface area contributed by atoms with E-state index in [-0.39, 0.29) is 40.9 Å². The number of ether oxygens (including phenoxy) is 2. The molecule has 0 radical (unpaired) electrons. The second-order valence-electron chi connectivity index (χ2n) is 13.0. The highest BCUT2D eigenvalue weighted by molar-refractivity contribution is 5.98. The van der Waals surface area contributed by atoms with Gasteiger partial charge < -0.3 is 9.47 Å². The number of epoxide rings is 1. The van der Waals surface area contributed by atoms with Crippen LogP contribution in [0.3, 0.4) is 0 Å². The van der Waals surface area contributed by atoms with Gasteiger partial charge in [-0.15, -0.1) is 0 Å². The largest absolute Gasteiger partial charge is 0.462 e. The van der Waals surface area contributed by atoms with Crippen molar-refractivity contribution in [1.29, 1.82) is 0 Å². The fraction of sp³-hybridized carbons (Fsp3) is 0.862. The summed E-state index contributed by atoms with van der Waals surface area (Å²) in [7, 11) is 0. The molecule has 1 heterocycles. The highest BCUT2D eigenvalue weighted by Crippen LogP contribution is 2.73. The zero-order valence-electron chi connectivity index (χ0n) is 21.6. The standard InChI is InChI=1S/C29H44O4/c1-17(2)9-7-10-18(3)21-12-13-22-20-15-25-29(33-25)14-8-11-24(31)28(29,6)26(20)23(32-19(4)30)16-27(21,22)5/h8,11,17-18,20-23,25-26H,7,9-10,12-16H2,1-6H3/t18-,20+,21-,22+,23-,25+,26-,27-,28-,29+/m1/s1. The average molecular weight is 457 g/mol. The summed E-state index contributed by atoms with van der Waals surface area (Å²) in [5.74, 6) is 3.12. The van der Waals surface area contributed by atoms with Crippen molar-refractivity contribution in [2.45, 2.75) is 111 Å². The highest BCUT2D eigenvalue weighted by atomic mass is 16.6. The van der Waals surface area contributed by atoms with Crippen molar-refractivity contribution in [2.24, 2.45) is 46.3 Å². The molecule has 5 aliphatic rings. The van der Waals surface area contributed by atoms with Crippen molar-refractivity contribution in [3.8, 4) is 0 Å². The Kier molecular flexibility index (Phi) is 5.67. The van der Waals surface area contributed by atoms with Gasteiger partial charge in [0.25, 0.3) is 0 Å². The number of hydrogen-bond acceptors (Lipinski definition) is 4. The molecule has 1 saturated heterocycles. The molecule has 0 aromatic rings. The first-order chi connectivity index (χ1) is 15.5. The monoisotopic (exact) mass is 456 g/mol. The first-order valence-corrected chi connectivity index (χ1v) is 13.6. The molecule has 0 unspecified atom stereocenters. The van der Waals surface area contributed by atoms with E-state index >= 15 is 0 Å². The zero-order valence-corrected chi connectivity index (χ0v) is 21.6. The number of ketones is 1. The molecular formula is C29H44O4. The van der Waals surface area contributed by atoms with E-state index in [0.29, 0.717) is 23.7 Å². The minimum Gasteiger partial charge on any atom is -0.462 e. The fourth-order valence-corrected chi connectivity index (χ4v) is 9.53. The maximum Gasteiger partial charge on any atom is 0.302 e. The Labute approximate surface area is 200 Å². The lowest BCUT2D eigenvalue weighted by atomic mass is 9.44. The summed E-state index contributed by atoms with van der Waals surface area (Å²) < 4.78 is 12.5. The normalized spacial score (nSPS) is 48.5. The maximum atomic E-state index is 13.5. The lowest BCUT2D eigenvalue weighted by Crippen LogP contribution is -2.64. The van der Waals surface area contributed by atoms with Crippen molar-refractivity contribution >= 4 is 11.8 Å². The first kappa shape index (κ1) is 23.6. The molecule has 33 heavy (non-hydrogen) atoms. The van der Waals surface area contributed by atoms with E-state index in [1.54, 1.807) is 6.08 Å². The van der Waals surface area contributed by atoms with Gasteiger partial charge in [0, 0.05) is 12.8 Å². The minimum absolute atomic E-state index is 0.0608. The van der Waals surface area contributed by atoms with Crippen LogP contribution in [0.1, 0.15) is 92.9 Å². The van der Waals surface area contributed by atoms with Crippen LogP contribution in [0.4, 0.5) is 0 Å². The van der Waals surface area contributed by atoms with Crippen LogP contribution in [0.5, 0.6) is 0 Å². The molecule has 4 nitrogen and oxygen atoms in total. The van der Waals surface area contributed by atoms with Crippen molar-refractivity contribution in [1.82, 2.24) is 0 Å². The molecule has 5 rings (SSSR count). The minimum atomic E-state index is -0.586. The van der Waals surface area contributed by atoms with Crippen LogP contribution in [-0.4, -0.2) is 29.6 Å². The Morgan fingerprint density at radius 3 is 2.67 bits per heavy atom. The fourth-order valence-electron chi connectivity index (χ4n) is 9.53. The Bertz CT molecular complexity index is 847. The predicted molar refractivity (Wildman–Crippen MR) is 128 cm³/mol. The molecule has 1 spiro atoms. The lowest BCUT2D eigenvalue weighted by molar-refractivity contribution is -0.187. The average Bonchev–Trinajstić information content (AvgIpc) is 3.31. The molecule has 3 saturated carbocycles. The van der Waals surface area contributed by atoms with E-state index in [9.17, 15) is 9.59 Å². The third-order valence-electron chi connectivity index (χ3n) is 11.0. The van der Waals surface area contributed by atoms with Crippen LogP contribution >= 0.6 is 0 Å². The summed E-state index contributed by atoms with van der Waals surface area (Å²) in [4.78, 5) is 25.8. The Morgan fingerprint density at radius 1 is 1.21 bits per heavy atom. The number of carbonyl (C=O) groups is 2. The number of allylic oxidation sites excluding steroid dienone is 1. The molecular weight excluding hydrogens is 412 g/mol. The summed E-state index contributed by atoms with van der Waals surface area (Å²) in [6.45, 7) is 13.2. The van der Waals surface area contributed by atoms with Gasteiger partial charge in [-0.05, 0) is 80.1 Å². The van der Waals surface area contributed by atoms with E-state index in [1.807, 2.05) is 6.08 Å². The van der Waals surface area contributed by atoms with Crippen LogP contribution in [0.15, 0.2) is 12.2 Å². The van der Waals surface area contributed by atoms with Crippen LogP contribution in [-0.2, 0) is 19.1 Å². The molecule has 1 aliphatic heterocycles. The van der Waals surface area contributed by atoms with Gasteiger partial charge in [-0.2, -0.15) is 0 Å². The third-order valence-corrected chi connectivity index (χ3v) is 11.0. The SMILES string of the molecule is CC(=O)O[C@@H]1C[C@]2(C)[C@@H]([C@H](C)CCCC(C)C)CC[C@H]2[C@@H]2C[C@@H]3O[C@@]34CC=CC(=O)[C@]4(C)[C@H]21. The van der Waals surface area contributed by atoms with Gasteiger partial charge in [0.05, 0.1) is 11.5 Å². The van der Waals surface area contributed by atoms with E-state index in [1.165, 1.54) is 39.0 Å². The molecule has 4 aliphatic carbocycles. The van der Waals surface area contributed by atoms with Crippen molar-refractivity contribution in [3.05, 3.63) is 12.2 Å². The van der Waals surface area contributed by atoms with E-state index in [4.69, 9.17) is 9.47 Å². The Hall–Kier alpha value is -1.16. The molecule has 0 N–H and O–H groups in total. The topological polar surface area (TPSA) is 55.9 Å². The van der Waals surface area contributed by atoms with Crippen LogP contribution in [0.2, 0.25) is 0 Å². The second kappa shape index (κ2) is 7.93. The Morgan fingerprint density at radius 2 is 1.97 bits per heavy atom. The van der Waals surface area contributed by atoms with E-state index in [2.05, 4.69) is 34.6 Å². The van der Waals surface area contributed by atoms with Crippen molar-refractivity contribution < 1.29 is 19.1 Å². The summed E-state index contributed by atoms with van der Waals surface area (Å²) >= 11 is 0. The number of hydrogen-bond donors (Lipinski definition) is 0. The maximum absolute atomic E-state index is 13.5. The summed E-state index contributed by atoms with van der Waals surface area (Å²) in [6, 6.07) is 0. The van der Waals surface area contributed by atoms with Crippen LogP contribution < -0.4 is 0 Å². The number of fused-ring (bicyclic) bond motifs is 4. The number of esters is 1. The smallest absolute Gasteiger partial charge is 0.302 e. The van der Waals surface area contributed by atoms with Gasteiger partial charge in [-0.25, -0.2) is 0 Å². The predicted octanol–water partition coefficient (Wildman–Crippen LogP) is 6.13. The van der Waals surface area contributed by atoms with Gasteiger partial charge in [-0.3, -0.25) is 9.59 Å². The van der Waals surface area contributed by atoms with E-state index < -0.39 is 5.41 Å². The first-order valence-electron chi connectivity index (χ1n) is 13.6. The highest BCUT2D eigenvalue weighted by Gasteiger charge is 2.79. The molecule has 184 valence electrons. The molecule has 4 heteroatoms. The molecule has 4 fully saturated rings. The lowest BCUT2D eigenvalue weighted by Gasteiger charge is -2.59. The molecule has 0 amide bonds. The van der Waals surface area contributed by atoms with Gasteiger partial charge in [-0.1, -0.05) is 53.0 Å². The van der Waals surface area contributed by atoms with Gasteiger partial charge in [0.2, 0.25) is 0 Å². The Balaban J connectivity index is 1.47. The summed E-state index contributed by atoms with van der Waals surface area (Å²) in [5, 5.41) is 0. The van der Waals surface area contributed by atoms with Gasteiger partial charge in [0.1, 0.15) is 11.7 Å². The third kappa shape index (κ3) is 3.32. The summed E-state index contributed by atoms with van der Waals surface area (Å²) in [6.07, 6.45) is 12.9. The molecule has 10 atom stereocenters. The quantitative estimate of drug-likeness (QED) is 0.357. The molecule has 0 bridgehead atoms. The van der Waals surface area contributed by atoms with Crippen LogP contribution in [0, 0.1) is 46.3 Å². The van der Waals surface area contributed by atoms with Gasteiger partial charge >= 0.3 is 5.97 Å². The van der Waals surface area contributed by atoms with E-state index in [0.717, 1.165) is 25.2 Å². The zero-order chi connectivity index (χ0) is 23.8. The van der Waals surface area contributed by atoms with Crippen LogP contribution in [0.25, 0.3) is 0 Å². The molecule has 0 aromatic heterocycles. The number of carbonyl (C=O) groups excluding carboxylic acids is 2. The van der Waals surface area contributed by atoms with Crippen molar-refractivity contribution in [3.63, 3.8) is 0 Å². The second-order valence-corrected chi connectivity index (χ2v) is 13.0. The summed E-state index contributed by atoms with van der Waals surface area (Å²) in [5.41, 5.74) is -0.788. The number of rotatable bonds is 6. The van der Waals surface area contributed by atoms with Crippen molar-refractivity contribution in [2.75, 3.05) is 0 Å². The molecule has 0 aromatic carbocycles. The van der Waals surface area contributed by atoms with Gasteiger partial charge in [0.15, 0.2) is 5.78 Å².